The Morgan fingerprint density at radius 1 is 0.795 bits per heavy atom. The number of hydrogen-bond acceptors (Lipinski definition) is 5. The highest BCUT2D eigenvalue weighted by Gasteiger charge is 2.28. The largest absolute Gasteiger partial charge is 0.351 e. The van der Waals surface area contributed by atoms with E-state index in [1.165, 1.54) is 40.7 Å². The summed E-state index contributed by atoms with van der Waals surface area (Å²) < 4.78 is 55.1. The molecule has 0 saturated carbocycles. The fourth-order valence-corrected chi connectivity index (χ4v) is 7.51. The molecular formula is C27H29Cl2N3O5S2. The summed E-state index contributed by atoms with van der Waals surface area (Å²) >= 11 is 12.0. The fraction of sp³-hybridized carbons (Fsp3) is 0.296. The van der Waals surface area contributed by atoms with E-state index in [9.17, 15) is 21.6 Å². The summed E-state index contributed by atoms with van der Waals surface area (Å²) in [6.45, 7) is 0.644. The zero-order valence-corrected chi connectivity index (χ0v) is 24.2. The summed E-state index contributed by atoms with van der Waals surface area (Å²) in [6, 6.07) is 18.8. The molecule has 3 aromatic rings. The number of nitrogens with zero attached hydrogens (tertiary/aromatic N) is 2. The van der Waals surface area contributed by atoms with Gasteiger partial charge in [0.1, 0.15) is 0 Å². The minimum Gasteiger partial charge on any atom is -0.351 e. The van der Waals surface area contributed by atoms with Crippen LogP contribution in [-0.2, 0) is 37.9 Å². The predicted octanol–water partition coefficient (Wildman–Crippen LogP) is 4.68. The van der Waals surface area contributed by atoms with E-state index in [0.29, 0.717) is 34.3 Å². The molecule has 1 aliphatic heterocycles. The van der Waals surface area contributed by atoms with Crippen LogP contribution in [0.15, 0.2) is 82.6 Å². The van der Waals surface area contributed by atoms with Gasteiger partial charge < -0.3 is 5.32 Å². The zero-order chi connectivity index (χ0) is 28.0. The molecular weight excluding hydrogens is 581 g/mol. The molecule has 4 rings (SSSR count). The van der Waals surface area contributed by atoms with Crippen molar-refractivity contribution < 1.29 is 21.6 Å². The van der Waals surface area contributed by atoms with Crippen molar-refractivity contribution in [1.82, 2.24) is 13.9 Å². The first-order chi connectivity index (χ1) is 18.6. The van der Waals surface area contributed by atoms with Crippen molar-refractivity contribution in [2.24, 2.45) is 0 Å². The third kappa shape index (κ3) is 7.59. The van der Waals surface area contributed by atoms with E-state index in [0.717, 1.165) is 23.6 Å². The molecule has 208 valence electrons. The van der Waals surface area contributed by atoms with E-state index in [1.54, 1.807) is 36.4 Å². The molecule has 0 aromatic heterocycles. The Morgan fingerprint density at radius 3 is 2.08 bits per heavy atom. The summed E-state index contributed by atoms with van der Waals surface area (Å²) in [5, 5.41) is 3.57. The number of amides is 1. The van der Waals surface area contributed by atoms with Crippen LogP contribution >= 0.6 is 23.2 Å². The minimum absolute atomic E-state index is 0.00670. The second-order valence-electron chi connectivity index (χ2n) is 9.24. The van der Waals surface area contributed by atoms with E-state index in [2.05, 4.69) is 5.32 Å². The quantitative estimate of drug-likeness (QED) is 0.359. The normalized spacial score (nSPS) is 14.8. The summed E-state index contributed by atoms with van der Waals surface area (Å²) in [7, 11) is -7.59. The van der Waals surface area contributed by atoms with Gasteiger partial charge in [-0.2, -0.15) is 8.61 Å². The lowest BCUT2D eigenvalue weighted by atomic mass is 10.2. The van der Waals surface area contributed by atoms with Crippen LogP contribution in [0, 0.1) is 0 Å². The van der Waals surface area contributed by atoms with E-state index >= 15 is 0 Å². The van der Waals surface area contributed by atoms with Gasteiger partial charge in [-0.25, -0.2) is 16.8 Å². The third-order valence-corrected chi connectivity index (χ3v) is 10.6. The highest BCUT2D eigenvalue weighted by atomic mass is 35.5. The molecule has 0 unspecified atom stereocenters. The number of rotatable bonds is 10. The second kappa shape index (κ2) is 12.8. The smallest absolute Gasteiger partial charge is 0.243 e. The molecule has 1 amide bonds. The van der Waals surface area contributed by atoms with Crippen molar-refractivity contribution in [2.75, 3.05) is 19.6 Å². The van der Waals surface area contributed by atoms with E-state index in [4.69, 9.17) is 23.2 Å². The molecule has 1 saturated heterocycles. The number of sulfonamides is 2. The van der Waals surface area contributed by atoms with Crippen LogP contribution in [0.1, 0.15) is 30.4 Å². The van der Waals surface area contributed by atoms with Crippen LogP contribution in [-0.4, -0.2) is 51.0 Å². The fourth-order valence-electron chi connectivity index (χ4n) is 4.27. The Bertz CT molecular complexity index is 1510. The second-order valence-corrected chi connectivity index (χ2v) is 14.0. The first kappa shape index (κ1) is 29.5. The van der Waals surface area contributed by atoms with Crippen molar-refractivity contribution in [2.45, 2.75) is 42.1 Å². The van der Waals surface area contributed by atoms with Gasteiger partial charge in [0, 0.05) is 36.2 Å². The van der Waals surface area contributed by atoms with Gasteiger partial charge in [0.25, 0.3) is 0 Å². The number of carbonyl (C=O) groups is 1. The van der Waals surface area contributed by atoms with E-state index in [-0.39, 0.29) is 22.9 Å². The van der Waals surface area contributed by atoms with Crippen molar-refractivity contribution >= 4 is 49.2 Å². The van der Waals surface area contributed by atoms with Gasteiger partial charge in [0.15, 0.2) is 0 Å². The molecule has 1 heterocycles. The van der Waals surface area contributed by atoms with Crippen molar-refractivity contribution in [1.29, 1.82) is 0 Å². The van der Waals surface area contributed by atoms with Crippen molar-refractivity contribution in [3.05, 3.63) is 94.0 Å². The molecule has 1 aliphatic rings. The molecule has 0 radical (unpaired) electrons. The lowest BCUT2D eigenvalue weighted by molar-refractivity contribution is -0.121. The lowest BCUT2D eigenvalue weighted by Crippen LogP contribution is -2.40. The molecule has 0 aliphatic carbocycles. The van der Waals surface area contributed by atoms with Crippen LogP contribution in [0.3, 0.4) is 0 Å². The number of halogens is 2. The Balaban J connectivity index is 1.45. The first-order valence-electron chi connectivity index (χ1n) is 12.4. The average Bonchev–Trinajstić information content (AvgIpc) is 2.92. The van der Waals surface area contributed by atoms with Crippen LogP contribution in [0.5, 0.6) is 0 Å². The monoisotopic (exact) mass is 609 g/mol. The number of hydrogen-bond donors (Lipinski definition) is 1. The molecule has 1 fully saturated rings. The molecule has 8 nitrogen and oxygen atoms in total. The van der Waals surface area contributed by atoms with Crippen LogP contribution in [0.4, 0.5) is 0 Å². The number of nitrogens with one attached hydrogen (secondary N) is 1. The molecule has 39 heavy (non-hydrogen) atoms. The van der Waals surface area contributed by atoms with Gasteiger partial charge in [0.2, 0.25) is 26.0 Å². The molecule has 12 heteroatoms. The SMILES string of the molecule is O=C(CN(Cc1cccc(Cl)c1)S(=O)(=O)c1ccc(Cl)cc1)NCc1ccc(S(=O)(=O)N2CCCCC2)cc1. The topological polar surface area (TPSA) is 104 Å². The maximum atomic E-state index is 13.4. The molecule has 1 N–H and O–H groups in total. The zero-order valence-electron chi connectivity index (χ0n) is 21.1. The molecule has 0 atom stereocenters. The first-order valence-corrected chi connectivity index (χ1v) is 16.1. The molecule has 0 bridgehead atoms. The van der Waals surface area contributed by atoms with Crippen LogP contribution in [0.25, 0.3) is 0 Å². The minimum atomic E-state index is -4.04. The van der Waals surface area contributed by atoms with Crippen LogP contribution in [0.2, 0.25) is 10.0 Å². The van der Waals surface area contributed by atoms with E-state index in [1.807, 2.05) is 0 Å². The summed E-state index contributed by atoms with van der Waals surface area (Å²) in [4.78, 5) is 13.1. The molecule has 0 spiro atoms. The predicted molar refractivity (Wildman–Crippen MR) is 151 cm³/mol. The maximum Gasteiger partial charge on any atom is 0.243 e. The highest BCUT2D eigenvalue weighted by Crippen LogP contribution is 2.23. The highest BCUT2D eigenvalue weighted by molar-refractivity contribution is 7.89. The summed E-state index contributed by atoms with van der Waals surface area (Å²) in [5.74, 6) is -0.514. The lowest BCUT2D eigenvalue weighted by Gasteiger charge is -2.25. The number of carbonyl (C=O) groups excluding carboxylic acids is 1. The van der Waals surface area contributed by atoms with E-state index < -0.39 is 32.5 Å². The number of benzene rings is 3. The van der Waals surface area contributed by atoms with Crippen molar-refractivity contribution in [3.8, 4) is 0 Å². The van der Waals surface area contributed by atoms with Gasteiger partial charge in [-0.15, -0.1) is 0 Å². The number of piperidine rings is 1. The summed E-state index contributed by atoms with van der Waals surface area (Å²) in [5.41, 5.74) is 1.31. The van der Waals surface area contributed by atoms with Gasteiger partial charge in [-0.3, -0.25) is 4.79 Å². The maximum absolute atomic E-state index is 13.4. The Hall–Kier alpha value is -2.47. The van der Waals surface area contributed by atoms with Gasteiger partial charge in [-0.1, -0.05) is 53.9 Å². The van der Waals surface area contributed by atoms with Gasteiger partial charge in [0.05, 0.1) is 16.3 Å². The standard InChI is InChI=1S/C27H29Cl2N3O5S2/c28-23-9-13-26(14-10-23)39(36,37)32(19-22-5-4-6-24(29)17-22)20-27(33)30-18-21-7-11-25(12-8-21)38(34,35)31-15-2-1-3-16-31/h4-14,17H,1-3,15-16,18-20H2,(H,30,33). The van der Waals surface area contributed by atoms with Gasteiger partial charge in [-0.05, 0) is 72.5 Å². The average molecular weight is 611 g/mol. The Kier molecular flexibility index (Phi) is 9.69. The summed E-state index contributed by atoms with van der Waals surface area (Å²) in [6.07, 6.45) is 2.74. The van der Waals surface area contributed by atoms with Crippen LogP contribution < -0.4 is 5.32 Å². The third-order valence-electron chi connectivity index (χ3n) is 6.39. The Morgan fingerprint density at radius 2 is 1.44 bits per heavy atom. The molecule has 3 aromatic carbocycles. The van der Waals surface area contributed by atoms with Crippen molar-refractivity contribution in [3.63, 3.8) is 0 Å². The Labute approximate surface area is 239 Å². The van der Waals surface area contributed by atoms with Gasteiger partial charge >= 0.3 is 0 Å².